The van der Waals surface area contributed by atoms with Crippen LogP contribution < -0.4 is 4.74 Å². The van der Waals surface area contributed by atoms with E-state index in [0.29, 0.717) is 11.3 Å². The summed E-state index contributed by atoms with van der Waals surface area (Å²) in [4.78, 5) is 22.3. The van der Waals surface area contributed by atoms with E-state index in [2.05, 4.69) is 0 Å². The summed E-state index contributed by atoms with van der Waals surface area (Å²) in [5.74, 6) is 0.628. The summed E-state index contributed by atoms with van der Waals surface area (Å²) >= 11 is 0. The number of rotatable bonds is 5. The van der Waals surface area contributed by atoms with Crippen LogP contribution in [0.1, 0.15) is 31.2 Å². The molecule has 0 aliphatic heterocycles. The zero-order valence-electron chi connectivity index (χ0n) is 10.9. The molecule has 0 N–H and O–H groups in total. The van der Waals surface area contributed by atoms with Gasteiger partial charge in [0.15, 0.2) is 5.78 Å². The standard InChI is InChI=1S/C14H17NO4/c1-10-12(15(17)18)7-4-8-14(10)19-9-13(16)11-5-2-3-6-11/h4,7-8,11H,2-3,5-6,9H2,1H3. The topological polar surface area (TPSA) is 69.4 Å². The lowest BCUT2D eigenvalue weighted by molar-refractivity contribution is -0.385. The van der Waals surface area contributed by atoms with Gasteiger partial charge in [0.2, 0.25) is 0 Å². The van der Waals surface area contributed by atoms with Crippen molar-refractivity contribution in [2.24, 2.45) is 5.92 Å². The quantitative estimate of drug-likeness (QED) is 0.604. The summed E-state index contributed by atoms with van der Waals surface area (Å²) in [5, 5.41) is 10.8. The molecule has 5 heteroatoms. The normalized spacial score (nSPS) is 15.4. The van der Waals surface area contributed by atoms with E-state index < -0.39 is 4.92 Å². The highest BCUT2D eigenvalue weighted by atomic mass is 16.6. The van der Waals surface area contributed by atoms with E-state index in [4.69, 9.17) is 4.74 Å². The van der Waals surface area contributed by atoms with Gasteiger partial charge in [0.1, 0.15) is 12.4 Å². The van der Waals surface area contributed by atoms with Crippen molar-refractivity contribution in [3.05, 3.63) is 33.9 Å². The van der Waals surface area contributed by atoms with E-state index in [-0.39, 0.29) is 24.0 Å². The van der Waals surface area contributed by atoms with Crippen molar-refractivity contribution in [1.29, 1.82) is 0 Å². The molecule has 0 spiro atoms. The van der Waals surface area contributed by atoms with Gasteiger partial charge in [-0.3, -0.25) is 14.9 Å². The van der Waals surface area contributed by atoms with Gasteiger partial charge in [0, 0.05) is 12.0 Å². The van der Waals surface area contributed by atoms with Crippen LogP contribution in [-0.4, -0.2) is 17.3 Å². The predicted octanol–water partition coefficient (Wildman–Crippen LogP) is 3.04. The first-order valence-corrected chi connectivity index (χ1v) is 6.49. The van der Waals surface area contributed by atoms with Gasteiger partial charge in [0.25, 0.3) is 5.69 Å². The molecule has 0 heterocycles. The maximum absolute atomic E-state index is 11.9. The summed E-state index contributed by atoms with van der Waals surface area (Å²) in [6.45, 7) is 1.64. The van der Waals surface area contributed by atoms with Gasteiger partial charge >= 0.3 is 0 Å². The van der Waals surface area contributed by atoms with Crippen LogP contribution in [-0.2, 0) is 4.79 Å². The van der Waals surface area contributed by atoms with Crippen molar-refractivity contribution in [3.63, 3.8) is 0 Å². The average molecular weight is 263 g/mol. The Balaban J connectivity index is 2.01. The maximum Gasteiger partial charge on any atom is 0.276 e. The lowest BCUT2D eigenvalue weighted by Gasteiger charge is -2.11. The van der Waals surface area contributed by atoms with E-state index in [0.717, 1.165) is 25.7 Å². The number of Topliss-reactive ketones (excluding diaryl/α,β-unsaturated/α-hetero) is 1. The Morgan fingerprint density at radius 2 is 2.11 bits per heavy atom. The van der Waals surface area contributed by atoms with Crippen molar-refractivity contribution in [1.82, 2.24) is 0 Å². The third kappa shape index (κ3) is 3.10. The molecule has 1 fully saturated rings. The molecule has 0 bridgehead atoms. The van der Waals surface area contributed by atoms with E-state index in [9.17, 15) is 14.9 Å². The van der Waals surface area contributed by atoms with Gasteiger partial charge in [0.05, 0.1) is 10.5 Å². The number of benzene rings is 1. The van der Waals surface area contributed by atoms with Crippen LogP contribution in [0.25, 0.3) is 0 Å². The summed E-state index contributed by atoms with van der Waals surface area (Å²) in [5.41, 5.74) is 0.484. The molecule has 1 aliphatic rings. The molecule has 0 amide bonds. The van der Waals surface area contributed by atoms with Crippen LogP contribution in [0.2, 0.25) is 0 Å². The third-order valence-corrected chi connectivity index (χ3v) is 3.63. The summed E-state index contributed by atoms with van der Waals surface area (Å²) < 4.78 is 5.45. The summed E-state index contributed by atoms with van der Waals surface area (Å²) in [6.07, 6.45) is 4.09. The fourth-order valence-corrected chi connectivity index (χ4v) is 2.47. The first-order chi connectivity index (χ1) is 9.09. The molecule has 2 rings (SSSR count). The third-order valence-electron chi connectivity index (χ3n) is 3.63. The highest BCUT2D eigenvalue weighted by Crippen LogP contribution is 2.28. The van der Waals surface area contributed by atoms with Crippen LogP contribution in [0, 0.1) is 23.0 Å². The van der Waals surface area contributed by atoms with E-state index >= 15 is 0 Å². The van der Waals surface area contributed by atoms with Crippen molar-refractivity contribution in [2.45, 2.75) is 32.6 Å². The Bertz CT molecular complexity index is 492. The number of nitro groups is 1. The maximum atomic E-state index is 11.9. The van der Waals surface area contributed by atoms with E-state index in [1.807, 2.05) is 0 Å². The largest absolute Gasteiger partial charge is 0.485 e. The molecular formula is C14H17NO4. The fraction of sp³-hybridized carbons (Fsp3) is 0.500. The van der Waals surface area contributed by atoms with Crippen LogP contribution >= 0.6 is 0 Å². The van der Waals surface area contributed by atoms with Gasteiger partial charge in [-0.05, 0) is 25.8 Å². The molecule has 0 saturated heterocycles. The van der Waals surface area contributed by atoms with Crippen LogP contribution in [0.4, 0.5) is 5.69 Å². The molecule has 1 saturated carbocycles. The zero-order valence-corrected chi connectivity index (χ0v) is 10.9. The van der Waals surface area contributed by atoms with Crippen LogP contribution in [0.5, 0.6) is 5.75 Å². The number of carbonyl (C=O) groups is 1. The molecule has 102 valence electrons. The molecular weight excluding hydrogens is 246 g/mol. The monoisotopic (exact) mass is 263 g/mol. The minimum atomic E-state index is -0.443. The lowest BCUT2D eigenvalue weighted by Crippen LogP contribution is -2.19. The SMILES string of the molecule is Cc1c(OCC(=O)C2CCCC2)cccc1[N+](=O)[O-]. The molecule has 1 aliphatic carbocycles. The molecule has 0 atom stereocenters. The minimum Gasteiger partial charge on any atom is -0.485 e. The second-order valence-corrected chi connectivity index (χ2v) is 4.89. The Morgan fingerprint density at radius 1 is 1.42 bits per heavy atom. The smallest absolute Gasteiger partial charge is 0.276 e. The Hall–Kier alpha value is -1.91. The van der Waals surface area contributed by atoms with Gasteiger partial charge < -0.3 is 4.74 Å². The molecule has 19 heavy (non-hydrogen) atoms. The molecule has 1 aromatic carbocycles. The predicted molar refractivity (Wildman–Crippen MR) is 70.3 cm³/mol. The number of ether oxygens (including phenoxy) is 1. The van der Waals surface area contributed by atoms with Crippen molar-refractivity contribution in [2.75, 3.05) is 6.61 Å². The van der Waals surface area contributed by atoms with Gasteiger partial charge in [-0.1, -0.05) is 18.9 Å². The number of ketones is 1. The fourth-order valence-electron chi connectivity index (χ4n) is 2.47. The van der Waals surface area contributed by atoms with Gasteiger partial charge in [-0.15, -0.1) is 0 Å². The molecule has 0 unspecified atom stereocenters. The lowest BCUT2D eigenvalue weighted by atomic mass is 10.0. The highest BCUT2D eigenvalue weighted by Gasteiger charge is 2.23. The van der Waals surface area contributed by atoms with Gasteiger partial charge in [-0.2, -0.15) is 0 Å². The molecule has 0 radical (unpaired) electrons. The minimum absolute atomic E-state index is 0.00662. The number of carbonyl (C=O) groups excluding carboxylic acids is 1. The average Bonchev–Trinajstić information content (AvgIpc) is 2.90. The van der Waals surface area contributed by atoms with Crippen molar-refractivity contribution >= 4 is 11.5 Å². The first-order valence-electron chi connectivity index (χ1n) is 6.49. The first kappa shape index (κ1) is 13.5. The summed E-state index contributed by atoms with van der Waals surface area (Å²) in [6, 6.07) is 4.66. The van der Waals surface area contributed by atoms with E-state index in [1.54, 1.807) is 19.1 Å². The Kier molecular flexibility index (Phi) is 4.14. The van der Waals surface area contributed by atoms with Crippen LogP contribution in [0.3, 0.4) is 0 Å². The second-order valence-electron chi connectivity index (χ2n) is 4.89. The number of hydrogen-bond donors (Lipinski definition) is 0. The van der Waals surface area contributed by atoms with Gasteiger partial charge in [-0.25, -0.2) is 0 Å². The second kappa shape index (κ2) is 5.82. The van der Waals surface area contributed by atoms with E-state index in [1.165, 1.54) is 6.07 Å². The molecule has 0 aromatic heterocycles. The Morgan fingerprint density at radius 3 is 2.74 bits per heavy atom. The summed E-state index contributed by atoms with van der Waals surface area (Å²) in [7, 11) is 0. The van der Waals surface area contributed by atoms with Crippen molar-refractivity contribution in [3.8, 4) is 5.75 Å². The number of nitrogens with zero attached hydrogens (tertiary/aromatic N) is 1. The van der Waals surface area contributed by atoms with Crippen molar-refractivity contribution < 1.29 is 14.5 Å². The highest BCUT2D eigenvalue weighted by molar-refractivity contribution is 5.82. The number of nitro benzene ring substituents is 1. The van der Waals surface area contributed by atoms with Crippen LogP contribution in [0.15, 0.2) is 18.2 Å². The number of hydrogen-bond acceptors (Lipinski definition) is 4. The molecule has 5 nitrogen and oxygen atoms in total. The Labute approximate surface area is 111 Å². The zero-order chi connectivity index (χ0) is 13.8. The molecule has 1 aromatic rings.